The van der Waals surface area contributed by atoms with Crippen LogP contribution in [-0.2, 0) is 18.7 Å². The Hall–Kier alpha value is -3.90. The number of halogens is 12. The third kappa shape index (κ3) is 5.86. The zero-order chi connectivity index (χ0) is 31.1. The van der Waals surface area contributed by atoms with Gasteiger partial charge in [-0.25, -0.2) is 30.7 Å². The minimum Gasteiger partial charge on any atom is -0.429 e. The molecule has 0 bridgehead atoms. The van der Waals surface area contributed by atoms with Gasteiger partial charge in [0.2, 0.25) is 0 Å². The van der Waals surface area contributed by atoms with Crippen molar-refractivity contribution in [3.63, 3.8) is 0 Å². The van der Waals surface area contributed by atoms with Gasteiger partial charge in [-0.1, -0.05) is 31.9 Å². The molecule has 0 unspecified atom stereocenters. The van der Waals surface area contributed by atoms with Crippen LogP contribution in [0.25, 0.3) is 21.9 Å². The van der Waals surface area contributed by atoms with E-state index in [1.807, 2.05) is 6.92 Å². The molecule has 0 atom stereocenters. The first-order valence-electron chi connectivity index (χ1n) is 12.3. The maximum atomic E-state index is 15.0. The predicted octanol–water partition coefficient (Wildman–Crippen LogP) is 10.4. The fourth-order valence-electron chi connectivity index (χ4n) is 4.48. The topological polar surface area (TPSA) is 9.23 Å². The van der Waals surface area contributed by atoms with Gasteiger partial charge in [-0.15, -0.1) is 0 Å². The lowest BCUT2D eigenvalue weighted by Gasteiger charge is -2.21. The van der Waals surface area contributed by atoms with Crippen LogP contribution in [0.15, 0.2) is 42.5 Å². The first-order valence-corrected chi connectivity index (χ1v) is 12.3. The molecule has 0 spiro atoms. The fourth-order valence-corrected chi connectivity index (χ4v) is 4.48. The van der Waals surface area contributed by atoms with Crippen LogP contribution >= 0.6 is 0 Å². The molecule has 0 saturated heterocycles. The van der Waals surface area contributed by atoms with E-state index in [1.54, 1.807) is 0 Å². The molecule has 42 heavy (non-hydrogen) atoms. The van der Waals surface area contributed by atoms with E-state index < -0.39 is 86.4 Å². The zero-order valence-corrected chi connectivity index (χ0v) is 21.3. The van der Waals surface area contributed by atoms with E-state index in [9.17, 15) is 48.3 Å². The average molecular weight is 610 g/mol. The number of ether oxygens (including phenoxy) is 1. The lowest BCUT2D eigenvalue weighted by Crippen LogP contribution is -2.25. The Morgan fingerprint density at radius 2 is 1.21 bits per heavy atom. The molecule has 0 heterocycles. The van der Waals surface area contributed by atoms with Crippen LogP contribution in [0, 0.1) is 40.7 Å². The Balaban J connectivity index is 1.72. The van der Waals surface area contributed by atoms with E-state index in [2.05, 4.69) is 4.74 Å². The van der Waals surface area contributed by atoms with Crippen molar-refractivity contribution in [2.75, 3.05) is 0 Å². The van der Waals surface area contributed by atoms with Crippen LogP contribution in [0.3, 0.4) is 0 Å². The second-order valence-corrected chi connectivity index (χ2v) is 9.34. The van der Waals surface area contributed by atoms with Gasteiger partial charge in [0.15, 0.2) is 11.6 Å². The van der Waals surface area contributed by atoms with E-state index in [1.165, 1.54) is 12.1 Å². The highest BCUT2D eigenvalue weighted by Gasteiger charge is 2.43. The van der Waals surface area contributed by atoms with Crippen molar-refractivity contribution < 1.29 is 57.4 Å². The molecule has 0 aliphatic rings. The summed E-state index contributed by atoms with van der Waals surface area (Å²) in [7, 11) is 0. The van der Waals surface area contributed by atoms with Crippen molar-refractivity contribution in [2.45, 2.75) is 44.9 Å². The number of aryl methyl sites for hydroxylation is 1. The van der Waals surface area contributed by atoms with Crippen molar-refractivity contribution in [2.24, 2.45) is 0 Å². The van der Waals surface area contributed by atoms with Crippen molar-refractivity contribution in [1.82, 2.24) is 0 Å². The molecule has 0 N–H and O–H groups in total. The molecule has 0 aromatic heterocycles. The summed E-state index contributed by atoms with van der Waals surface area (Å²) in [6.45, 7) is 1.92. The van der Waals surface area contributed by atoms with Gasteiger partial charge in [0, 0.05) is 17.7 Å². The molecule has 0 saturated carbocycles. The highest BCUT2D eigenvalue weighted by atomic mass is 19.4. The minimum absolute atomic E-state index is 0.124. The van der Waals surface area contributed by atoms with Gasteiger partial charge in [-0.05, 0) is 47.6 Å². The normalized spacial score (nSPS) is 12.3. The number of benzene rings is 4. The van der Waals surface area contributed by atoms with Gasteiger partial charge < -0.3 is 4.74 Å². The number of rotatable bonds is 8. The molecule has 0 aliphatic heterocycles. The largest absolute Gasteiger partial charge is 0.432 e. The SMILES string of the molecule is CCCCCc1ccc2cc(-c3cc(F)c(C(F)(F)Oc4cc(F)c(C(F)(F)F)c(F)c4)c(F)c3)c(F)c(F)c2c1F. The maximum Gasteiger partial charge on any atom is 0.432 e. The monoisotopic (exact) mass is 610 g/mol. The molecule has 4 aromatic carbocycles. The Bertz CT molecular complexity index is 1610. The summed E-state index contributed by atoms with van der Waals surface area (Å²) in [4.78, 5) is 0. The van der Waals surface area contributed by atoms with Crippen LogP contribution < -0.4 is 4.74 Å². The molecule has 4 rings (SSSR count). The van der Waals surface area contributed by atoms with Crippen LogP contribution in [0.5, 0.6) is 5.75 Å². The second kappa shape index (κ2) is 11.4. The molecular weight excluding hydrogens is 592 g/mol. The third-order valence-electron chi connectivity index (χ3n) is 6.44. The van der Waals surface area contributed by atoms with Crippen molar-refractivity contribution in [1.29, 1.82) is 0 Å². The first-order chi connectivity index (χ1) is 19.6. The van der Waals surface area contributed by atoms with Gasteiger partial charge in [0.1, 0.15) is 46.0 Å². The molecule has 13 heteroatoms. The number of hydrogen-bond acceptors (Lipinski definition) is 1. The first kappa shape index (κ1) is 31.0. The Labute approximate surface area is 230 Å². The van der Waals surface area contributed by atoms with Crippen LogP contribution in [-0.4, -0.2) is 0 Å². The highest BCUT2D eigenvalue weighted by molar-refractivity contribution is 5.89. The standard InChI is InChI=1S/C29H18F12O/c1-2-3-4-5-13-6-7-14-8-17(26(35)27(36)22(14)25(13)34)15-9-18(30)24(19(31)10-15)29(40,41)42-16-11-20(32)23(21(33)12-16)28(37,38)39/h6-12H,2-5H2,1H3. The Kier molecular flexibility index (Phi) is 8.43. The van der Waals surface area contributed by atoms with E-state index >= 15 is 4.39 Å². The molecule has 0 aliphatic carbocycles. The van der Waals surface area contributed by atoms with Crippen molar-refractivity contribution >= 4 is 10.8 Å². The molecule has 224 valence electrons. The van der Waals surface area contributed by atoms with Crippen LogP contribution in [0.4, 0.5) is 52.7 Å². The van der Waals surface area contributed by atoms with Gasteiger partial charge in [-0.2, -0.15) is 22.0 Å². The summed E-state index contributed by atoms with van der Waals surface area (Å²) in [6.07, 6.45) is -8.14. The number of fused-ring (bicyclic) bond motifs is 1. The summed E-state index contributed by atoms with van der Waals surface area (Å²) >= 11 is 0. The predicted molar refractivity (Wildman–Crippen MR) is 128 cm³/mol. The van der Waals surface area contributed by atoms with E-state index in [0.717, 1.165) is 18.9 Å². The Morgan fingerprint density at radius 1 is 0.643 bits per heavy atom. The number of unbranched alkanes of at least 4 members (excludes halogenated alkanes) is 2. The van der Waals surface area contributed by atoms with Crippen LogP contribution in [0.1, 0.15) is 42.9 Å². The quantitative estimate of drug-likeness (QED) is 0.143. The van der Waals surface area contributed by atoms with Gasteiger partial charge in [0.05, 0.1) is 5.39 Å². The number of alkyl halides is 5. The number of hydrogen-bond donors (Lipinski definition) is 0. The summed E-state index contributed by atoms with van der Waals surface area (Å²) < 4.78 is 174. The van der Waals surface area contributed by atoms with Crippen molar-refractivity contribution in [3.05, 3.63) is 99.9 Å². The molecule has 1 nitrogen and oxygen atoms in total. The molecule has 0 amide bonds. The molecule has 4 aromatic rings. The zero-order valence-electron chi connectivity index (χ0n) is 21.3. The van der Waals surface area contributed by atoms with E-state index in [4.69, 9.17) is 0 Å². The third-order valence-corrected chi connectivity index (χ3v) is 6.44. The summed E-state index contributed by atoms with van der Waals surface area (Å²) in [6, 6.07) is 3.31. The smallest absolute Gasteiger partial charge is 0.429 e. The lowest BCUT2D eigenvalue weighted by molar-refractivity contribution is -0.189. The van der Waals surface area contributed by atoms with Gasteiger partial charge in [-0.3, -0.25) is 0 Å². The fraction of sp³-hybridized carbons (Fsp3) is 0.241. The summed E-state index contributed by atoms with van der Waals surface area (Å²) in [5.41, 5.74) is -6.01. The summed E-state index contributed by atoms with van der Waals surface area (Å²) in [5, 5.41) is -0.899. The van der Waals surface area contributed by atoms with Gasteiger partial charge >= 0.3 is 12.3 Å². The van der Waals surface area contributed by atoms with E-state index in [0.29, 0.717) is 6.42 Å². The molecular formula is C29H18F12O. The lowest BCUT2D eigenvalue weighted by atomic mass is 9.95. The maximum absolute atomic E-state index is 15.0. The molecule has 0 fully saturated rings. The van der Waals surface area contributed by atoms with E-state index in [-0.39, 0.29) is 41.6 Å². The average Bonchev–Trinajstić information content (AvgIpc) is 2.85. The molecule has 0 radical (unpaired) electrons. The summed E-state index contributed by atoms with van der Waals surface area (Å²) in [5.74, 6) is -14.8. The van der Waals surface area contributed by atoms with Crippen LogP contribution in [0.2, 0.25) is 0 Å². The highest BCUT2D eigenvalue weighted by Crippen LogP contribution is 2.41. The Morgan fingerprint density at radius 3 is 1.76 bits per heavy atom. The minimum atomic E-state index is -5.52. The van der Waals surface area contributed by atoms with Gasteiger partial charge in [0.25, 0.3) is 0 Å². The van der Waals surface area contributed by atoms with Crippen molar-refractivity contribution in [3.8, 4) is 16.9 Å². The second-order valence-electron chi connectivity index (χ2n) is 9.34.